The predicted octanol–water partition coefficient (Wildman–Crippen LogP) is 4.87. The Hall–Kier alpha value is -3.35. The Morgan fingerprint density at radius 2 is 1.74 bits per heavy atom. The van der Waals surface area contributed by atoms with E-state index in [2.05, 4.69) is 10.3 Å². The number of hydrogen-bond donors (Lipinski definition) is 1. The summed E-state index contributed by atoms with van der Waals surface area (Å²) in [4.78, 5) is 18.7. The number of hydrogen-bond acceptors (Lipinski definition) is 3. The van der Waals surface area contributed by atoms with Gasteiger partial charge in [-0.15, -0.1) is 0 Å². The lowest BCUT2D eigenvalue weighted by molar-refractivity contribution is -0.137. The fourth-order valence-corrected chi connectivity index (χ4v) is 3.10. The molecule has 4 nitrogen and oxygen atoms in total. The van der Waals surface area contributed by atoms with Gasteiger partial charge < -0.3 is 5.32 Å². The second-order valence-electron chi connectivity index (χ2n) is 6.07. The topological polar surface area (TPSA) is 45.2 Å². The van der Waals surface area contributed by atoms with Crippen LogP contribution in [0.3, 0.4) is 0 Å². The van der Waals surface area contributed by atoms with Crippen LogP contribution in [0.5, 0.6) is 0 Å². The van der Waals surface area contributed by atoms with Gasteiger partial charge in [0.05, 0.1) is 16.8 Å². The Bertz CT molecular complexity index is 989. The number of amides is 1. The van der Waals surface area contributed by atoms with Crippen LogP contribution in [-0.2, 0) is 6.18 Å². The summed E-state index contributed by atoms with van der Waals surface area (Å²) < 4.78 is 39.5. The number of rotatable bonds is 2. The maximum atomic E-state index is 13.2. The molecule has 136 valence electrons. The standard InChI is InChI=1S/C20H14F3N3O/c21-20(22,23)13-6-5-7-14(12-13)26-18(17-10-3-4-11-24-17)25-16-9-2-1-8-15(16)19(26)27/h1-12,18,25H. The third-order valence-corrected chi connectivity index (χ3v) is 4.35. The second kappa shape index (κ2) is 6.42. The number of pyridine rings is 1. The highest BCUT2D eigenvalue weighted by atomic mass is 19.4. The fraction of sp³-hybridized carbons (Fsp3) is 0.100. The molecule has 2 heterocycles. The van der Waals surface area contributed by atoms with Gasteiger partial charge >= 0.3 is 6.18 Å². The van der Waals surface area contributed by atoms with E-state index in [1.165, 1.54) is 17.0 Å². The Morgan fingerprint density at radius 3 is 2.48 bits per heavy atom. The Kier molecular flexibility index (Phi) is 4.07. The molecule has 1 aliphatic rings. The summed E-state index contributed by atoms with van der Waals surface area (Å²) in [6.45, 7) is 0. The van der Waals surface area contributed by atoms with E-state index in [0.717, 1.165) is 12.1 Å². The van der Waals surface area contributed by atoms with E-state index in [1.54, 1.807) is 48.7 Å². The van der Waals surface area contributed by atoms with Crippen molar-refractivity contribution in [2.75, 3.05) is 10.2 Å². The van der Waals surface area contributed by atoms with Gasteiger partial charge in [0.25, 0.3) is 5.91 Å². The zero-order valence-corrected chi connectivity index (χ0v) is 13.9. The van der Waals surface area contributed by atoms with Gasteiger partial charge in [-0.25, -0.2) is 0 Å². The zero-order chi connectivity index (χ0) is 19.0. The van der Waals surface area contributed by atoms with Crippen LogP contribution in [0.4, 0.5) is 24.5 Å². The highest BCUT2D eigenvalue weighted by Gasteiger charge is 2.36. The summed E-state index contributed by atoms with van der Waals surface area (Å²) in [7, 11) is 0. The Labute approximate surface area is 153 Å². The number of anilines is 2. The van der Waals surface area contributed by atoms with Crippen LogP contribution in [0.15, 0.2) is 72.9 Å². The van der Waals surface area contributed by atoms with E-state index in [1.807, 2.05) is 0 Å². The molecule has 0 saturated heterocycles. The maximum absolute atomic E-state index is 13.2. The Balaban J connectivity index is 1.86. The van der Waals surface area contributed by atoms with Crippen molar-refractivity contribution in [3.05, 3.63) is 89.7 Å². The first-order valence-electron chi connectivity index (χ1n) is 8.22. The summed E-state index contributed by atoms with van der Waals surface area (Å²) in [6.07, 6.45) is -3.65. The van der Waals surface area contributed by atoms with E-state index in [4.69, 9.17) is 0 Å². The molecule has 1 atom stereocenters. The number of alkyl halides is 3. The average molecular weight is 369 g/mol. The normalized spacial score (nSPS) is 16.6. The molecule has 0 radical (unpaired) electrons. The summed E-state index contributed by atoms with van der Waals surface area (Å²) in [6, 6.07) is 16.8. The van der Waals surface area contributed by atoms with E-state index < -0.39 is 17.9 Å². The van der Waals surface area contributed by atoms with Crippen molar-refractivity contribution in [2.45, 2.75) is 12.3 Å². The monoisotopic (exact) mass is 369 g/mol. The minimum absolute atomic E-state index is 0.146. The fourth-order valence-electron chi connectivity index (χ4n) is 3.10. The quantitative estimate of drug-likeness (QED) is 0.701. The molecular formula is C20H14F3N3O. The number of nitrogens with one attached hydrogen (secondary N) is 1. The van der Waals surface area contributed by atoms with Gasteiger partial charge in [-0.3, -0.25) is 14.7 Å². The number of benzene rings is 2. The summed E-state index contributed by atoms with van der Waals surface area (Å²) in [5.74, 6) is -0.390. The number of fused-ring (bicyclic) bond motifs is 1. The molecule has 2 aromatic carbocycles. The van der Waals surface area contributed by atoms with Gasteiger partial charge in [-0.05, 0) is 42.5 Å². The van der Waals surface area contributed by atoms with Crippen molar-refractivity contribution < 1.29 is 18.0 Å². The smallest absolute Gasteiger partial charge is 0.359 e. The van der Waals surface area contributed by atoms with E-state index >= 15 is 0 Å². The molecule has 1 amide bonds. The molecule has 1 N–H and O–H groups in total. The van der Waals surface area contributed by atoms with Crippen LogP contribution in [-0.4, -0.2) is 10.9 Å². The van der Waals surface area contributed by atoms with Crippen LogP contribution in [0.2, 0.25) is 0 Å². The average Bonchev–Trinajstić information content (AvgIpc) is 2.68. The summed E-state index contributed by atoms with van der Waals surface area (Å²) in [5.41, 5.74) is 0.861. The molecule has 0 aliphatic carbocycles. The van der Waals surface area contributed by atoms with E-state index in [-0.39, 0.29) is 11.6 Å². The molecule has 0 spiro atoms. The lowest BCUT2D eigenvalue weighted by atomic mass is 10.0. The van der Waals surface area contributed by atoms with Crippen LogP contribution in [0.1, 0.15) is 27.8 Å². The minimum atomic E-state index is -4.50. The number of nitrogens with zero attached hydrogens (tertiary/aromatic N) is 2. The van der Waals surface area contributed by atoms with Crippen LogP contribution >= 0.6 is 0 Å². The number of carbonyl (C=O) groups is 1. The Morgan fingerprint density at radius 1 is 0.963 bits per heavy atom. The molecule has 0 saturated carbocycles. The van der Waals surface area contributed by atoms with Crippen LogP contribution in [0.25, 0.3) is 0 Å². The number of halogens is 3. The van der Waals surface area contributed by atoms with Crippen LogP contribution in [0, 0.1) is 0 Å². The second-order valence-corrected chi connectivity index (χ2v) is 6.07. The van der Waals surface area contributed by atoms with Crippen molar-refractivity contribution in [2.24, 2.45) is 0 Å². The lowest BCUT2D eigenvalue weighted by Gasteiger charge is -2.37. The van der Waals surface area contributed by atoms with Crippen molar-refractivity contribution in [1.82, 2.24) is 4.98 Å². The van der Waals surface area contributed by atoms with Crippen LogP contribution < -0.4 is 10.2 Å². The third kappa shape index (κ3) is 3.12. The van der Waals surface area contributed by atoms with Gasteiger partial charge in [-0.2, -0.15) is 13.2 Å². The van der Waals surface area contributed by atoms with E-state index in [0.29, 0.717) is 16.9 Å². The molecular weight excluding hydrogens is 355 g/mol. The van der Waals surface area contributed by atoms with Gasteiger partial charge in [0.15, 0.2) is 6.17 Å². The third-order valence-electron chi connectivity index (χ3n) is 4.35. The molecule has 1 unspecified atom stereocenters. The number of para-hydroxylation sites is 1. The first kappa shape index (κ1) is 17.1. The van der Waals surface area contributed by atoms with Crippen molar-refractivity contribution in [3.8, 4) is 0 Å². The van der Waals surface area contributed by atoms with Crippen molar-refractivity contribution in [1.29, 1.82) is 0 Å². The lowest BCUT2D eigenvalue weighted by Crippen LogP contribution is -2.43. The largest absolute Gasteiger partial charge is 0.416 e. The summed E-state index contributed by atoms with van der Waals surface area (Å²) >= 11 is 0. The van der Waals surface area contributed by atoms with Gasteiger partial charge in [0, 0.05) is 17.6 Å². The molecule has 0 bridgehead atoms. The predicted molar refractivity (Wildman–Crippen MR) is 95.3 cm³/mol. The molecule has 1 aliphatic heterocycles. The minimum Gasteiger partial charge on any atom is -0.359 e. The maximum Gasteiger partial charge on any atom is 0.416 e. The van der Waals surface area contributed by atoms with Crippen molar-refractivity contribution in [3.63, 3.8) is 0 Å². The highest BCUT2D eigenvalue weighted by Crippen LogP contribution is 2.38. The summed E-state index contributed by atoms with van der Waals surface area (Å²) in [5, 5.41) is 3.21. The zero-order valence-electron chi connectivity index (χ0n) is 13.9. The van der Waals surface area contributed by atoms with Crippen molar-refractivity contribution >= 4 is 17.3 Å². The first-order valence-corrected chi connectivity index (χ1v) is 8.22. The first-order chi connectivity index (χ1) is 12.9. The molecule has 3 aromatic rings. The number of carbonyl (C=O) groups excluding carboxylic acids is 1. The molecule has 27 heavy (non-hydrogen) atoms. The number of aromatic nitrogens is 1. The SMILES string of the molecule is O=C1c2ccccc2NC(c2ccccn2)N1c1cccc(C(F)(F)F)c1. The molecule has 0 fully saturated rings. The van der Waals surface area contributed by atoms with E-state index in [9.17, 15) is 18.0 Å². The van der Waals surface area contributed by atoms with Gasteiger partial charge in [0.1, 0.15) is 0 Å². The molecule has 7 heteroatoms. The van der Waals surface area contributed by atoms with Gasteiger partial charge in [-0.1, -0.05) is 24.3 Å². The molecule has 4 rings (SSSR count). The molecule has 1 aromatic heterocycles. The highest BCUT2D eigenvalue weighted by molar-refractivity contribution is 6.12. The van der Waals surface area contributed by atoms with Gasteiger partial charge in [0.2, 0.25) is 0 Å².